The predicted octanol–water partition coefficient (Wildman–Crippen LogP) is 4.01. The fourth-order valence-electron chi connectivity index (χ4n) is 3.91. The van der Waals surface area contributed by atoms with E-state index in [0.29, 0.717) is 24.1 Å². The molecule has 0 fully saturated rings. The molecule has 4 aromatic rings. The van der Waals surface area contributed by atoms with E-state index in [9.17, 15) is 22.0 Å². The van der Waals surface area contributed by atoms with Crippen LogP contribution in [0.25, 0.3) is 16.9 Å². The van der Waals surface area contributed by atoms with Gasteiger partial charge in [-0.3, -0.25) is 9.36 Å². The number of para-hydroxylation sites is 2. The highest BCUT2D eigenvalue weighted by Crippen LogP contribution is 2.28. The number of carbonyl (C=O) groups is 1. The second-order valence-corrected chi connectivity index (χ2v) is 10.4. The minimum absolute atomic E-state index is 0.0000339. The maximum absolute atomic E-state index is 13.9. The molecule has 2 heterocycles. The SMILES string of the molecule is CCN(Cc1ccccc1)C(=O)C(C)Nc1cc(-n2c(C(F)F)nc3ccccc32)nc(S(C)(=O)=O)n1. The molecule has 0 aliphatic heterocycles. The number of hydrogen-bond acceptors (Lipinski definition) is 7. The normalized spacial score (nSPS) is 12.6. The lowest BCUT2D eigenvalue weighted by Crippen LogP contribution is -2.41. The van der Waals surface area contributed by atoms with Crippen molar-refractivity contribution in [1.82, 2.24) is 24.4 Å². The number of anilines is 1. The van der Waals surface area contributed by atoms with Crippen molar-refractivity contribution in [2.24, 2.45) is 0 Å². The Bertz CT molecular complexity index is 1530. The lowest BCUT2D eigenvalue weighted by molar-refractivity contribution is -0.132. The quantitative estimate of drug-likeness (QED) is 0.327. The summed E-state index contributed by atoms with van der Waals surface area (Å²) in [6.45, 7) is 4.32. The van der Waals surface area contributed by atoms with Gasteiger partial charge in [0.1, 0.15) is 17.7 Å². The molecule has 0 saturated carbocycles. The van der Waals surface area contributed by atoms with Crippen LogP contribution in [-0.4, -0.2) is 57.6 Å². The third kappa shape index (κ3) is 5.74. The van der Waals surface area contributed by atoms with Crippen molar-refractivity contribution in [2.75, 3.05) is 18.1 Å². The average Bonchev–Trinajstić information content (AvgIpc) is 3.27. The first-order chi connectivity index (χ1) is 17.6. The molecule has 1 atom stereocenters. The Morgan fingerprint density at radius 1 is 1.05 bits per heavy atom. The minimum Gasteiger partial charge on any atom is -0.358 e. The van der Waals surface area contributed by atoms with Crippen LogP contribution in [0.1, 0.15) is 31.7 Å². The standard InChI is InChI=1S/C25H26F2N6O3S/c1-4-32(15-17-10-6-5-7-11-17)24(34)16(2)28-20-14-21(31-25(30-20)37(3,35)36)33-19-13-9-8-12-18(19)29-23(33)22(26)27/h5-14,16,22H,4,15H2,1-3H3,(H,28,30,31). The largest absolute Gasteiger partial charge is 0.358 e. The monoisotopic (exact) mass is 528 g/mol. The Kier molecular flexibility index (Phi) is 7.48. The summed E-state index contributed by atoms with van der Waals surface area (Å²) in [5, 5.41) is 2.36. The highest BCUT2D eigenvalue weighted by atomic mass is 32.2. The first kappa shape index (κ1) is 26.1. The van der Waals surface area contributed by atoms with Crippen LogP contribution < -0.4 is 5.32 Å². The van der Waals surface area contributed by atoms with Gasteiger partial charge in [-0.2, -0.15) is 0 Å². The zero-order valence-electron chi connectivity index (χ0n) is 20.5. The Morgan fingerprint density at radius 2 is 1.73 bits per heavy atom. The van der Waals surface area contributed by atoms with Crippen LogP contribution in [0.15, 0.2) is 65.8 Å². The first-order valence-electron chi connectivity index (χ1n) is 11.5. The van der Waals surface area contributed by atoms with Gasteiger partial charge in [0.05, 0.1) is 11.0 Å². The van der Waals surface area contributed by atoms with E-state index in [1.807, 2.05) is 37.3 Å². The predicted molar refractivity (Wildman–Crippen MR) is 135 cm³/mol. The number of rotatable bonds is 9. The molecule has 0 aliphatic rings. The van der Waals surface area contributed by atoms with Crippen LogP contribution in [0.2, 0.25) is 0 Å². The van der Waals surface area contributed by atoms with E-state index in [0.717, 1.165) is 16.4 Å². The van der Waals surface area contributed by atoms with Gasteiger partial charge in [-0.25, -0.2) is 32.2 Å². The number of fused-ring (bicyclic) bond motifs is 1. The number of nitrogens with one attached hydrogen (secondary N) is 1. The van der Waals surface area contributed by atoms with Crippen molar-refractivity contribution in [2.45, 2.75) is 38.0 Å². The summed E-state index contributed by atoms with van der Waals surface area (Å²) < 4.78 is 53.6. The number of nitrogens with zero attached hydrogens (tertiary/aromatic N) is 5. The molecule has 2 aromatic carbocycles. The molecule has 194 valence electrons. The third-order valence-corrected chi connectivity index (χ3v) is 6.53. The van der Waals surface area contributed by atoms with E-state index in [4.69, 9.17) is 0 Å². The van der Waals surface area contributed by atoms with Crippen molar-refractivity contribution in [3.05, 3.63) is 72.1 Å². The fourth-order valence-corrected chi connectivity index (χ4v) is 4.43. The molecule has 1 amide bonds. The molecule has 12 heteroatoms. The van der Waals surface area contributed by atoms with Crippen LogP contribution in [0.3, 0.4) is 0 Å². The molecule has 0 saturated heterocycles. The van der Waals surface area contributed by atoms with Gasteiger partial charge in [0.2, 0.25) is 15.7 Å². The van der Waals surface area contributed by atoms with Gasteiger partial charge < -0.3 is 10.2 Å². The van der Waals surface area contributed by atoms with Crippen LogP contribution in [0, 0.1) is 0 Å². The van der Waals surface area contributed by atoms with Crippen LogP contribution in [-0.2, 0) is 21.2 Å². The highest BCUT2D eigenvalue weighted by molar-refractivity contribution is 7.90. The molecular weight excluding hydrogens is 502 g/mol. The summed E-state index contributed by atoms with van der Waals surface area (Å²) in [7, 11) is -3.92. The first-order valence-corrected chi connectivity index (χ1v) is 13.4. The number of imidazole rings is 1. The molecule has 9 nitrogen and oxygen atoms in total. The molecule has 37 heavy (non-hydrogen) atoms. The number of sulfone groups is 1. The smallest absolute Gasteiger partial charge is 0.296 e. The van der Waals surface area contributed by atoms with E-state index >= 15 is 0 Å². The molecule has 4 rings (SSSR count). The molecule has 1 N–H and O–H groups in total. The summed E-state index contributed by atoms with van der Waals surface area (Å²) in [5.74, 6) is -0.943. The Hall–Kier alpha value is -3.93. The number of amides is 1. The van der Waals surface area contributed by atoms with Gasteiger partial charge in [0.15, 0.2) is 5.82 Å². The van der Waals surface area contributed by atoms with Crippen molar-refractivity contribution in [1.29, 1.82) is 0 Å². The molecule has 0 aliphatic carbocycles. The maximum atomic E-state index is 13.9. The second kappa shape index (κ2) is 10.6. The topological polar surface area (TPSA) is 110 Å². The Morgan fingerprint density at radius 3 is 2.38 bits per heavy atom. The fraction of sp³-hybridized carbons (Fsp3) is 0.280. The zero-order chi connectivity index (χ0) is 26.7. The molecule has 0 bridgehead atoms. The van der Waals surface area contributed by atoms with Gasteiger partial charge in [-0.05, 0) is 31.5 Å². The molecule has 1 unspecified atom stereocenters. The number of halogens is 2. The lowest BCUT2D eigenvalue weighted by Gasteiger charge is -2.25. The van der Waals surface area contributed by atoms with Gasteiger partial charge in [0.25, 0.3) is 11.6 Å². The molecule has 0 spiro atoms. The van der Waals surface area contributed by atoms with Crippen molar-refractivity contribution in [3.63, 3.8) is 0 Å². The number of aromatic nitrogens is 4. The number of carbonyl (C=O) groups excluding carboxylic acids is 1. The van der Waals surface area contributed by atoms with E-state index in [1.54, 1.807) is 36.1 Å². The van der Waals surface area contributed by atoms with E-state index < -0.39 is 33.3 Å². The number of alkyl halides is 2. The number of likely N-dealkylation sites (N-methyl/N-ethyl adjacent to an activating group) is 1. The highest BCUT2D eigenvalue weighted by Gasteiger charge is 2.25. The Balaban J connectivity index is 1.72. The van der Waals surface area contributed by atoms with Crippen molar-refractivity contribution < 1.29 is 22.0 Å². The third-order valence-electron chi connectivity index (χ3n) is 5.68. The summed E-state index contributed by atoms with van der Waals surface area (Å²) in [6, 6.07) is 16.5. The van der Waals surface area contributed by atoms with Gasteiger partial charge >= 0.3 is 0 Å². The van der Waals surface area contributed by atoms with Gasteiger partial charge in [0, 0.05) is 25.4 Å². The van der Waals surface area contributed by atoms with Gasteiger partial charge in [-0.15, -0.1) is 0 Å². The van der Waals surface area contributed by atoms with Crippen molar-refractivity contribution >= 4 is 32.6 Å². The molecule has 2 aromatic heterocycles. The van der Waals surface area contributed by atoms with Crippen LogP contribution >= 0.6 is 0 Å². The van der Waals surface area contributed by atoms with Crippen molar-refractivity contribution in [3.8, 4) is 5.82 Å². The molecular formula is C25H26F2N6O3S. The summed E-state index contributed by atoms with van der Waals surface area (Å²) in [4.78, 5) is 26.9. The summed E-state index contributed by atoms with van der Waals surface area (Å²) in [5.41, 5.74) is 1.58. The van der Waals surface area contributed by atoms with Crippen LogP contribution in [0.4, 0.5) is 14.6 Å². The van der Waals surface area contributed by atoms with E-state index in [2.05, 4.69) is 20.3 Å². The second-order valence-electron chi connectivity index (χ2n) is 8.46. The summed E-state index contributed by atoms with van der Waals surface area (Å²) >= 11 is 0. The Labute approximate surface area is 213 Å². The maximum Gasteiger partial charge on any atom is 0.296 e. The van der Waals surface area contributed by atoms with Gasteiger partial charge in [-0.1, -0.05) is 42.5 Å². The van der Waals surface area contributed by atoms with E-state index in [1.165, 1.54) is 6.07 Å². The zero-order valence-corrected chi connectivity index (χ0v) is 21.3. The number of hydrogen-bond donors (Lipinski definition) is 1. The minimum atomic E-state index is -3.92. The number of benzene rings is 2. The van der Waals surface area contributed by atoms with E-state index in [-0.39, 0.29) is 17.5 Å². The summed E-state index contributed by atoms with van der Waals surface area (Å²) in [6.07, 6.45) is -2.03. The average molecular weight is 529 g/mol. The van der Waals surface area contributed by atoms with Crippen LogP contribution in [0.5, 0.6) is 0 Å². The molecule has 0 radical (unpaired) electrons. The lowest BCUT2D eigenvalue weighted by atomic mass is 10.2.